The molecule has 0 unspecified atom stereocenters. The van der Waals surface area contributed by atoms with Gasteiger partial charge in [-0.25, -0.2) is 0 Å². The Balaban J connectivity index is 1.73. The number of halogens is 1. The highest BCUT2D eigenvalue weighted by molar-refractivity contribution is 6.31. The zero-order chi connectivity index (χ0) is 20.4. The van der Waals surface area contributed by atoms with Crippen LogP contribution in [-0.2, 0) is 11.3 Å². The Kier molecular flexibility index (Phi) is 5.07. The van der Waals surface area contributed by atoms with Crippen LogP contribution in [0.2, 0.25) is 5.02 Å². The second-order valence-electron chi connectivity index (χ2n) is 6.67. The number of nitrogens with zero attached hydrogens (tertiary/aromatic N) is 2. The van der Waals surface area contributed by atoms with E-state index in [1.807, 2.05) is 36.4 Å². The molecule has 0 aliphatic heterocycles. The summed E-state index contributed by atoms with van der Waals surface area (Å²) in [7, 11) is 0. The highest BCUT2D eigenvalue weighted by atomic mass is 35.5. The zero-order valence-electron chi connectivity index (χ0n) is 15.8. The van der Waals surface area contributed by atoms with Crippen molar-refractivity contribution in [3.63, 3.8) is 0 Å². The van der Waals surface area contributed by atoms with E-state index in [9.17, 15) is 10.1 Å². The molecule has 0 saturated heterocycles. The first kappa shape index (κ1) is 18.8. The third-order valence-electron chi connectivity index (χ3n) is 4.87. The lowest BCUT2D eigenvalue weighted by molar-refractivity contribution is -0.112. The van der Waals surface area contributed by atoms with E-state index in [2.05, 4.69) is 28.9 Å². The van der Waals surface area contributed by atoms with E-state index in [4.69, 9.17) is 11.6 Å². The van der Waals surface area contributed by atoms with Crippen molar-refractivity contribution in [3.8, 4) is 6.07 Å². The third-order valence-corrected chi connectivity index (χ3v) is 5.11. The molecule has 0 aliphatic rings. The number of aryl methyl sites for hydroxylation is 1. The monoisotopic (exact) mass is 399 g/mol. The fourth-order valence-electron chi connectivity index (χ4n) is 3.58. The molecule has 0 bridgehead atoms. The van der Waals surface area contributed by atoms with Crippen molar-refractivity contribution in [2.24, 2.45) is 0 Å². The van der Waals surface area contributed by atoms with Gasteiger partial charge in [-0.1, -0.05) is 41.9 Å². The van der Waals surface area contributed by atoms with Gasteiger partial charge < -0.3 is 9.88 Å². The summed E-state index contributed by atoms with van der Waals surface area (Å²) >= 11 is 5.96. The SMILES string of the molecule is CCn1c2ccccc2c2cc(/C=C(\C#N)C(=O)Nc3cccc(Cl)c3)ccc21. The molecule has 4 aromatic rings. The number of nitriles is 1. The molecule has 0 radical (unpaired) electrons. The normalized spacial score (nSPS) is 11.6. The number of hydrogen-bond acceptors (Lipinski definition) is 2. The predicted molar refractivity (Wildman–Crippen MR) is 119 cm³/mol. The van der Waals surface area contributed by atoms with Crippen molar-refractivity contribution in [1.82, 2.24) is 4.57 Å². The van der Waals surface area contributed by atoms with Crippen molar-refractivity contribution in [2.45, 2.75) is 13.5 Å². The van der Waals surface area contributed by atoms with E-state index in [1.54, 1.807) is 30.3 Å². The topological polar surface area (TPSA) is 57.8 Å². The maximum Gasteiger partial charge on any atom is 0.266 e. The molecule has 0 atom stereocenters. The maximum absolute atomic E-state index is 12.5. The summed E-state index contributed by atoms with van der Waals surface area (Å²) in [5.74, 6) is -0.467. The zero-order valence-corrected chi connectivity index (χ0v) is 16.6. The molecule has 5 heteroatoms. The fourth-order valence-corrected chi connectivity index (χ4v) is 3.77. The van der Waals surface area contributed by atoms with Crippen molar-refractivity contribution in [3.05, 3.63) is 82.9 Å². The van der Waals surface area contributed by atoms with E-state index >= 15 is 0 Å². The van der Waals surface area contributed by atoms with Crippen LogP contribution in [0.5, 0.6) is 0 Å². The number of nitrogens with one attached hydrogen (secondary N) is 1. The van der Waals surface area contributed by atoms with Gasteiger partial charge in [0.1, 0.15) is 11.6 Å². The smallest absolute Gasteiger partial charge is 0.266 e. The molecular weight excluding hydrogens is 382 g/mol. The Labute approximate surface area is 173 Å². The Morgan fingerprint density at radius 2 is 1.86 bits per heavy atom. The summed E-state index contributed by atoms with van der Waals surface area (Å²) in [5.41, 5.74) is 3.68. The van der Waals surface area contributed by atoms with Gasteiger partial charge in [-0.2, -0.15) is 5.26 Å². The molecule has 1 amide bonds. The second kappa shape index (κ2) is 7.83. The number of carbonyl (C=O) groups is 1. The Hall–Kier alpha value is -3.55. The number of rotatable bonds is 4. The maximum atomic E-state index is 12.5. The number of para-hydroxylation sites is 1. The van der Waals surface area contributed by atoms with E-state index in [0.717, 1.165) is 28.4 Å². The molecule has 4 rings (SSSR count). The van der Waals surface area contributed by atoms with Gasteiger partial charge >= 0.3 is 0 Å². The number of fused-ring (bicyclic) bond motifs is 3. The molecule has 0 saturated carbocycles. The van der Waals surface area contributed by atoms with Crippen molar-refractivity contribution >= 4 is 51.1 Å². The van der Waals surface area contributed by atoms with Gasteiger partial charge in [0, 0.05) is 39.1 Å². The molecule has 142 valence electrons. The number of aromatic nitrogens is 1. The van der Waals surface area contributed by atoms with E-state index < -0.39 is 5.91 Å². The molecule has 29 heavy (non-hydrogen) atoms. The molecule has 1 N–H and O–H groups in total. The molecule has 0 fully saturated rings. The summed E-state index contributed by atoms with van der Waals surface area (Å²) < 4.78 is 2.26. The number of hydrogen-bond donors (Lipinski definition) is 1. The average Bonchev–Trinajstić information content (AvgIpc) is 3.05. The molecule has 3 aromatic carbocycles. The largest absolute Gasteiger partial charge is 0.341 e. The van der Waals surface area contributed by atoms with E-state index in [0.29, 0.717) is 10.7 Å². The van der Waals surface area contributed by atoms with Crippen LogP contribution in [0.1, 0.15) is 12.5 Å². The average molecular weight is 400 g/mol. The number of anilines is 1. The highest BCUT2D eigenvalue weighted by Crippen LogP contribution is 2.30. The van der Waals surface area contributed by atoms with Gasteiger partial charge in [0.2, 0.25) is 0 Å². The number of amides is 1. The highest BCUT2D eigenvalue weighted by Gasteiger charge is 2.12. The minimum atomic E-state index is -0.467. The molecule has 4 nitrogen and oxygen atoms in total. The second-order valence-corrected chi connectivity index (χ2v) is 7.11. The summed E-state index contributed by atoms with van der Waals surface area (Å²) in [6.07, 6.45) is 1.61. The quantitative estimate of drug-likeness (QED) is 0.337. The number of carbonyl (C=O) groups excluding carboxylic acids is 1. The van der Waals surface area contributed by atoms with Crippen LogP contribution in [0.4, 0.5) is 5.69 Å². The molecular formula is C24H18ClN3O. The van der Waals surface area contributed by atoms with Crippen molar-refractivity contribution in [1.29, 1.82) is 5.26 Å². The van der Waals surface area contributed by atoms with Crippen molar-refractivity contribution < 1.29 is 4.79 Å². The van der Waals surface area contributed by atoms with Crippen LogP contribution >= 0.6 is 11.6 Å². The standard InChI is InChI=1S/C24H18ClN3O/c1-2-28-22-9-4-3-8-20(22)21-13-16(10-11-23(21)28)12-17(15-26)24(29)27-19-7-5-6-18(25)14-19/h3-14H,2H2,1H3,(H,27,29)/b17-12+. The van der Waals surface area contributed by atoms with Gasteiger partial charge in [-0.3, -0.25) is 4.79 Å². The van der Waals surface area contributed by atoms with Crippen LogP contribution in [0, 0.1) is 11.3 Å². The molecule has 1 heterocycles. The molecule has 0 spiro atoms. The fraction of sp³-hybridized carbons (Fsp3) is 0.0833. The number of benzene rings is 3. The van der Waals surface area contributed by atoms with Gasteiger partial charge in [0.05, 0.1) is 0 Å². The lowest BCUT2D eigenvalue weighted by Gasteiger charge is -2.05. The summed E-state index contributed by atoms with van der Waals surface area (Å²) in [6, 6.07) is 23.1. The van der Waals surface area contributed by atoms with Gasteiger partial charge in [-0.15, -0.1) is 0 Å². The van der Waals surface area contributed by atoms with Gasteiger partial charge in [-0.05, 0) is 55.0 Å². The van der Waals surface area contributed by atoms with Gasteiger partial charge in [0.15, 0.2) is 0 Å². The molecule has 1 aromatic heterocycles. The first-order valence-electron chi connectivity index (χ1n) is 9.30. The minimum Gasteiger partial charge on any atom is -0.341 e. The van der Waals surface area contributed by atoms with Crippen molar-refractivity contribution in [2.75, 3.05) is 5.32 Å². The molecule has 0 aliphatic carbocycles. The van der Waals surface area contributed by atoms with Crippen LogP contribution in [-0.4, -0.2) is 10.5 Å². The Morgan fingerprint density at radius 3 is 2.62 bits per heavy atom. The van der Waals surface area contributed by atoms with E-state index in [1.165, 1.54) is 5.52 Å². The van der Waals surface area contributed by atoms with Crippen LogP contribution < -0.4 is 5.32 Å². The lowest BCUT2D eigenvalue weighted by atomic mass is 10.1. The predicted octanol–water partition coefficient (Wildman–Crippen LogP) is 6.01. The lowest BCUT2D eigenvalue weighted by Crippen LogP contribution is -2.13. The van der Waals surface area contributed by atoms with Crippen LogP contribution in [0.25, 0.3) is 27.9 Å². The minimum absolute atomic E-state index is 0.0311. The third kappa shape index (κ3) is 3.61. The first-order chi connectivity index (χ1) is 14.1. The van der Waals surface area contributed by atoms with Crippen LogP contribution in [0.15, 0.2) is 72.3 Å². The van der Waals surface area contributed by atoms with Crippen LogP contribution in [0.3, 0.4) is 0 Å². The Bertz CT molecular complexity index is 1310. The van der Waals surface area contributed by atoms with E-state index in [-0.39, 0.29) is 5.57 Å². The summed E-state index contributed by atoms with van der Waals surface area (Å²) in [6.45, 7) is 2.98. The Morgan fingerprint density at radius 1 is 1.07 bits per heavy atom. The van der Waals surface area contributed by atoms with Gasteiger partial charge in [0.25, 0.3) is 5.91 Å². The summed E-state index contributed by atoms with van der Waals surface area (Å²) in [5, 5.41) is 15.0. The summed E-state index contributed by atoms with van der Waals surface area (Å²) in [4.78, 5) is 12.5. The first-order valence-corrected chi connectivity index (χ1v) is 9.68.